The third-order valence-corrected chi connectivity index (χ3v) is 0.591. The molecule has 0 amide bonds. The minimum atomic E-state index is -0.525. The van der Waals surface area contributed by atoms with Crippen molar-refractivity contribution >= 4 is 5.97 Å². The molecule has 0 aromatic heterocycles. The molecule has 0 saturated heterocycles. The zero-order valence-electron chi connectivity index (χ0n) is 6.67. The molecule has 7 heteroatoms. The molecule has 0 fully saturated rings. The predicted octanol–water partition coefficient (Wildman–Crippen LogP) is -0.559. The van der Waals surface area contributed by atoms with Gasteiger partial charge in [-0.3, -0.25) is 4.79 Å². The molecular weight excluding hydrogens is 166 g/mol. The average molecular weight is 177 g/mol. The molecule has 0 atom stereocenters. The van der Waals surface area contributed by atoms with E-state index >= 15 is 0 Å². The number of hydrogen-bond donors (Lipinski definition) is 2. The van der Waals surface area contributed by atoms with Crippen molar-refractivity contribution in [3.63, 3.8) is 0 Å². The first-order chi connectivity index (χ1) is 5.72. The lowest BCUT2D eigenvalue weighted by molar-refractivity contribution is -0.138. The number of hydrogen-bond acceptors (Lipinski definition) is 5. The highest BCUT2D eigenvalue weighted by atomic mass is 16.5. The van der Waals surface area contributed by atoms with Crippen molar-refractivity contribution in [3.05, 3.63) is 10.4 Å². The zero-order chi connectivity index (χ0) is 9.82. The van der Waals surface area contributed by atoms with E-state index in [0.29, 0.717) is 0 Å². The van der Waals surface area contributed by atoms with E-state index in [1.54, 1.807) is 0 Å². The Morgan fingerprint density at radius 2 is 2.08 bits per heavy atom. The summed E-state index contributed by atoms with van der Waals surface area (Å²) in [5, 5.41) is 18.2. The van der Waals surface area contributed by atoms with Crippen molar-refractivity contribution in [2.75, 3.05) is 26.9 Å². The molecule has 70 valence electrons. The molecule has 0 saturated carbocycles. The van der Waals surface area contributed by atoms with Gasteiger partial charge in [-0.2, -0.15) is 0 Å². The number of esters is 1. The van der Waals surface area contributed by atoms with Gasteiger partial charge in [0.15, 0.2) is 0 Å². The van der Waals surface area contributed by atoms with Gasteiger partial charge in [-0.1, -0.05) is 5.11 Å². The van der Waals surface area contributed by atoms with E-state index in [0.717, 1.165) is 0 Å². The normalized spacial score (nSPS) is 7.25. The number of carbonyl (C=O) groups is 1. The van der Waals surface area contributed by atoms with E-state index < -0.39 is 5.97 Å². The van der Waals surface area contributed by atoms with Crippen molar-refractivity contribution in [3.8, 4) is 0 Å². The first-order valence-corrected chi connectivity index (χ1v) is 3.02. The van der Waals surface area contributed by atoms with Crippen LogP contribution in [-0.2, 0) is 9.53 Å². The van der Waals surface area contributed by atoms with Gasteiger partial charge in [-0.05, 0) is 5.53 Å². The SMILES string of the molecule is COC(=O)CN=[N+]=[N-].OCCO. The predicted molar refractivity (Wildman–Crippen MR) is 40.2 cm³/mol. The average Bonchev–Trinajstić information content (AvgIpc) is 2.14. The summed E-state index contributed by atoms with van der Waals surface area (Å²) < 4.78 is 4.15. The van der Waals surface area contributed by atoms with Crippen LogP contribution in [-0.4, -0.2) is 43.1 Å². The molecule has 0 radical (unpaired) electrons. The van der Waals surface area contributed by atoms with E-state index in [2.05, 4.69) is 14.8 Å². The van der Waals surface area contributed by atoms with Crippen LogP contribution in [0.2, 0.25) is 0 Å². The quantitative estimate of drug-likeness (QED) is 0.260. The maximum Gasteiger partial charge on any atom is 0.311 e. The van der Waals surface area contributed by atoms with Gasteiger partial charge in [0.25, 0.3) is 0 Å². The van der Waals surface area contributed by atoms with E-state index in [1.165, 1.54) is 7.11 Å². The number of nitrogens with zero attached hydrogens (tertiary/aromatic N) is 3. The molecule has 0 aliphatic carbocycles. The van der Waals surface area contributed by atoms with Crippen molar-refractivity contribution in [1.82, 2.24) is 0 Å². The molecule has 0 unspecified atom stereocenters. The highest BCUT2D eigenvalue weighted by Gasteiger charge is 1.92. The second-order valence-electron chi connectivity index (χ2n) is 1.41. The standard InChI is InChI=1S/C3H5N3O2.C2H6O2/c1-8-3(7)2-5-6-4;3-1-2-4/h2H2,1H3;3-4H,1-2H2. The molecule has 12 heavy (non-hydrogen) atoms. The molecule has 0 heterocycles. The summed E-state index contributed by atoms with van der Waals surface area (Å²) >= 11 is 0. The summed E-state index contributed by atoms with van der Waals surface area (Å²) in [5.41, 5.74) is 7.66. The lowest BCUT2D eigenvalue weighted by atomic mass is 10.7. The molecule has 0 aliphatic heterocycles. The Hall–Kier alpha value is -1.30. The number of rotatable bonds is 3. The first-order valence-electron chi connectivity index (χ1n) is 3.02. The Balaban J connectivity index is 0. The molecule has 0 rings (SSSR count). The molecule has 2 N–H and O–H groups in total. The Morgan fingerprint density at radius 1 is 1.58 bits per heavy atom. The summed E-state index contributed by atoms with van der Waals surface area (Å²) in [4.78, 5) is 12.4. The third kappa shape index (κ3) is 15.9. The van der Waals surface area contributed by atoms with Gasteiger partial charge < -0.3 is 14.9 Å². The van der Waals surface area contributed by atoms with Crippen LogP contribution in [0, 0.1) is 0 Å². The lowest BCUT2D eigenvalue weighted by Crippen LogP contribution is -2.02. The van der Waals surface area contributed by atoms with E-state index in [-0.39, 0.29) is 19.8 Å². The summed E-state index contributed by atoms with van der Waals surface area (Å²) in [7, 11) is 1.23. The first kappa shape index (κ1) is 13.3. The number of methoxy groups -OCH3 is 1. The smallest absolute Gasteiger partial charge is 0.311 e. The fourth-order valence-corrected chi connectivity index (χ4v) is 0.154. The second-order valence-corrected chi connectivity index (χ2v) is 1.41. The van der Waals surface area contributed by atoms with Gasteiger partial charge in [-0.15, -0.1) is 0 Å². The number of carbonyl (C=O) groups excluding carboxylic acids is 1. The van der Waals surface area contributed by atoms with E-state index in [9.17, 15) is 4.79 Å². The van der Waals surface area contributed by atoms with Crippen LogP contribution in [0.3, 0.4) is 0 Å². The van der Waals surface area contributed by atoms with E-state index in [4.69, 9.17) is 15.7 Å². The molecule has 0 aromatic carbocycles. The zero-order valence-corrected chi connectivity index (χ0v) is 6.67. The number of aliphatic hydroxyl groups excluding tert-OH is 2. The highest BCUT2D eigenvalue weighted by molar-refractivity contribution is 5.71. The van der Waals surface area contributed by atoms with Crippen LogP contribution in [0.1, 0.15) is 0 Å². The van der Waals surface area contributed by atoms with Gasteiger partial charge in [0.1, 0.15) is 6.54 Å². The molecule has 0 aromatic rings. The van der Waals surface area contributed by atoms with E-state index in [1.807, 2.05) is 0 Å². The second kappa shape index (κ2) is 12.4. The highest BCUT2D eigenvalue weighted by Crippen LogP contribution is 1.74. The van der Waals surface area contributed by atoms with Crippen molar-refractivity contribution in [1.29, 1.82) is 0 Å². The van der Waals surface area contributed by atoms with Crippen LogP contribution in [0.4, 0.5) is 0 Å². The third-order valence-electron chi connectivity index (χ3n) is 0.591. The molecule has 0 aliphatic rings. The number of ether oxygens (including phenoxy) is 1. The summed E-state index contributed by atoms with van der Waals surface area (Å²) in [6.45, 7) is -0.479. The number of aliphatic hydroxyl groups is 2. The van der Waals surface area contributed by atoms with Gasteiger partial charge in [0, 0.05) is 4.91 Å². The maximum absolute atomic E-state index is 10.1. The largest absolute Gasteiger partial charge is 0.469 e. The molecular formula is C5H11N3O4. The molecule has 0 bridgehead atoms. The van der Waals surface area contributed by atoms with Crippen molar-refractivity contribution < 1.29 is 19.7 Å². The van der Waals surface area contributed by atoms with Crippen LogP contribution in [0.25, 0.3) is 10.4 Å². The molecule has 0 spiro atoms. The van der Waals surface area contributed by atoms with Crippen molar-refractivity contribution in [2.45, 2.75) is 0 Å². The summed E-state index contributed by atoms with van der Waals surface area (Å²) in [6.07, 6.45) is 0. The minimum absolute atomic E-state index is 0.125. The van der Waals surface area contributed by atoms with Gasteiger partial charge in [0.05, 0.1) is 20.3 Å². The fraction of sp³-hybridized carbons (Fsp3) is 0.800. The topological polar surface area (TPSA) is 116 Å². The lowest BCUT2D eigenvalue weighted by Gasteiger charge is -1.87. The molecule has 7 nitrogen and oxygen atoms in total. The van der Waals surface area contributed by atoms with Gasteiger partial charge >= 0.3 is 5.97 Å². The van der Waals surface area contributed by atoms with Crippen LogP contribution in [0.15, 0.2) is 5.11 Å². The van der Waals surface area contributed by atoms with Crippen LogP contribution in [0.5, 0.6) is 0 Å². The Bertz CT molecular complexity index is 153. The fourth-order valence-electron chi connectivity index (χ4n) is 0.154. The maximum atomic E-state index is 10.1. The summed E-state index contributed by atoms with van der Waals surface area (Å²) in [5.74, 6) is -0.525. The minimum Gasteiger partial charge on any atom is -0.469 e. The van der Waals surface area contributed by atoms with Crippen molar-refractivity contribution in [2.24, 2.45) is 5.11 Å². The van der Waals surface area contributed by atoms with Gasteiger partial charge in [0.2, 0.25) is 0 Å². The Kier molecular flexibility index (Phi) is 13.7. The Morgan fingerprint density at radius 3 is 2.33 bits per heavy atom. The number of azide groups is 1. The summed E-state index contributed by atoms with van der Waals surface area (Å²) in [6, 6.07) is 0. The Labute approximate surface area is 69.2 Å². The monoisotopic (exact) mass is 177 g/mol. The van der Waals surface area contributed by atoms with Crippen LogP contribution < -0.4 is 0 Å². The van der Waals surface area contributed by atoms with Crippen LogP contribution >= 0.6 is 0 Å². The van der Waals surface area contributed by atoms with Gasteiger partial charge in [-0.25, -0.2) is 0 Å².